The summed E-state index contributed by atoms with van der Waals surface area (Å²) in [5.74, 6) is 0.0836. The normalized spacial score (nSPS) is 21.0. The quantitative estimate of drug-likeness (QED) is 0.820. The van der Waals surface area contributed by atoms with E-state index < -0.39 is 6.17 Å². The second kappa shape index (κ2) is 7.27. The van der Waals surface area contributed by atoms with Gasteiger partial charge in [0.25, 0.3) is 0 Å². The van der Waals surface area contributed by atoms with E-state index >= 15 is 0 Å². The van der Waals surface area contributed by atoms with Crippen molar-refractivity contribution in [2.75, 3.05) is 13.1 Å². The molecule has 1 aliphatic heterocycles. The summed E-state index contributed by atoms with van der Waals surface area (Å²) < 4.78 is 13.2. The summed E-state index contributed by atoms with van der Waals surface area (Å²) >= 11 is 0. The monoisotopic (exact) mass is 251 g/mol. The fourth-order valence-electron chi connectivity index (χ4n) is 2.32. The number of hydrogen-bond donors (Lipinski definition) is 0. The Hall–Kier alpha value is -1.22. The molecule has 0 saturated carbocycles. The fourth-order valence-corrected chi connectivity index (χ4v) is 2.32. The molecular weight excluding hydrogens is 229 g/mol. The van der Waals surface area contributed by atoms with Crippen molar-refractivity contribution in [3.05, 3.63) is 35.9 Å². The number of carbonyl (C=O) groups excluding carboxylic acids is 1. The van der Waals surface area contributed by atoms with Gasteiger partial charge < -0.3 is 0 Å². The summed E-state index contributed by atoms with van der Waals surface area (Å²) in [5.41, 5.74) is 0.962. The van der Waals surface area contributed by atoms with Gasteiger partial charge in [-0.25, -0.2) is 4.39 Å². The number of benzene rings is 1. The third kappa shape index (κ3) is 3.64. The van der Waals surface area contributed by atoms with Crippen LogP contribution in [0.2, 0.25) is 0 Å². The molecule has 1 saturated heterocycles. The number of rotatable bonds is 3. The van der Waals surface area contributed by atoms with E-state index in [9.17, 15) is 9.18 Å². The van der Waals surface area contributed by atoms with Crippen LogP contribution < -0.4 is 0 Å². The lowest BCUT2D eigenvalue weighted by Crippen LogP contribution is -2.31. The average Bonchev–Trinajstić information content (AvgIpc) is 2.79. The number of nitrogens with zero attached hydrogens (tertiary/aromatic N) is 1. The molecule has 2 atom stereocenters. The first kappa shape index (κ1) is 14.8. The molecule has 1 fully saturated rings. The molecule has 0 radical (unpaired) electrons. The molecule has 0 bridgehead atoms. The molecule has 2 rings (SSSR count). The van der Waals surface area contributed by atoms with Crippen LogP contribution in [0.3, 0.4) is 0 Å². The molecule has 3 heteroatoms. The number of ketones is 1. The molecule has 18 heavy (non-hydrogen) atoms. The zero-order valence-corrected chi connectivity index (χ0v) is 11.4. The molecule has 0 aromatic heterocycles. The molecule has 2 unspecified atom stereocenters. The van der Waals surface area contributed by atoms with Crippen LogP contribution >= 0.6 is 0 Å². The summed E-state index contributed by atoms with van der Waals surface area (Å²) in [6.45, 7) is 6.61. The lowest BCUT2D eigenvalue weighted by Gasteiger charge is -2.25. The van der Waals surface area contributed by atoms with E-state index in [1.165, 1.54) is 0 Å². The highest BCUT2D eigenvalue weighted by atomic mass is 19.1. The van der Waals surface area contributed by atoms with E-state index in [2.05, 4.69) is 0 Å². The van der Waals surface area contributed by atoms with Gasteiger partial charge in [-0.1, -0.05) is 44.2 Å². The van der Waals surface area contributed by atoms with Crippen LogP contribution in [-0.2, 0) is 4.79 Å². The zero-order chi connectivity index (χ0) is 13.5. The minimum absolute atomic E-state index is 0.0836. The number of hydrogen-bond acceptors (Lipinski definition) is 2. The van der Waals surface area contributed by atoms with Crippen LogP contribution in [-0.4, -0.2) is 29.9 Å². The van der Waals surface area contributed by atoms with Crippen LogP contribution in [0.1, 0.15) is 38.8 Å². The number of likely N-dealkylation sites (tertiary alicyclic amines) is 1. The Morgan fingerprint density at radius 2 is 1.94 bits per heavy atom. The summed E-state index contributed by atoms with van der Waals surface area (Å²) in [4.78, 5) is 13.6. The third-order valence-corrected chi connectivity index (χ3v) is 3.03. The Labute approximate surface area is 109 Å². The Morgan fingerprint density at radius 1 is 1.33 bits per heavy atom. The van der Waals surface area contributed by atoms with E-state index in [1.807, 2.05) is 49.1 Å². The molecular formula is C15H22FNO. The van der Waals surface area contributed by atoms with E-state index in [0.29, 0.717) is 19.5 Å². The van der Waals surface area contributed by atoms with E-state index in [1.54, 1.807) is 6.92 Å². The van der Waals surface area contributed by atoms with E-state index in [-0.39, 0.29) is 11.8 Å². The number of halogens is 1. The van der Waals surface area contributed by atoms with Gasteiger partial charge in [0.1, 0.15) is 6.17 Å². The average molecular weight is 251 g/mol. The van der Waals surface area contributed by atoms with Gasteiger partial charge in [-0.05, 0) is 18.9 Å². The van der Waals surface area contributed by atoms with Crippen LogP contribution in [0, 0.1) is 0 Å². The molecule has 0 spiro atoms. The van der Waals surface area contributed by atoms with Crippen LogP contribution in [0.4, 0.5) is 4.39 Å². The maximum absolute atomic E-state index is 13.2. The smallest absolute Gasteiger partial charge is 0.151 e. The van der Waals surface area contributed by atoms with Crippen molar-refractivity contribution in [2.45, 2.75) is 39.4 Å². The van der Waals surface area contributed by atoms with Gasteiger partial charge in [-0.2, -0.15) is 0 Å². The maximum atomic E-state index is 13.2. The summed E-state index contributed by atoms with van der Waals surface area (Å²) in [5, 5.41) is 0. The topological polar surface area (TPSA) is 20.3 Å². The standard InChI is InChI=1S/C13H16FNO.C2H6/c1-10(16)13(11-5-3-2-4-6-11)15-8-7-12(14)9-15;1-2/h2-6,12-13H,7-9H2,1H3;1-2H3. The first-order valence-corrected chi connectivity index (χ1v) is 6.62. The minimum atomic E-state index is -0.787. The number of carbonyl (C=O) groups is 1. The number of alkyl halides is 1. The predicted molar refractivity (Wildman–Crippen MR) is 72.3 cm³/mol. The largest absolute Gasteiger partial charge is 0.298 e. The molecule has 1 aromatic rings. The van der Waals surface area contributed by atoms with Gasteiger partial charge in [0.2, 0.25) is 0 Å². The first-order valence-electron chi connectivity index (χ1n) is 6.62. The Balaban J connectivity index is 0.000000771. The van der Waals surface area contributed by atoms with E-state index in [4.69, 9.17) is 0 Å². The fraction of sp³-hybridized carbons (Fsp3) is 0.533. The lowest BCUT2D eigenvalue weighted by molar-refractivity contribution is -0.122. The van der Waals surface area contributed by atoms with Crippen molar-refractivity contribution in [2.24, 2.45) is 0 Å². The first-order chi connectivity index (χ1) is 8.68. The highest BCUT2D eigenvalue weighted by molar-refractivity contribution is 5.82. The molecule has 1 aromatic carbocycles. The van der Waals surface area contributed by atoms with Crippen molar-refractivity contribution in [1.82, 2.24) is 4.90 Å². The van der Waals surface area contributed by atoms with Crippen molar-refractivity contribution < 1.29 is 9.18 Å². The van der Waals surface area contributed by atoms with Crippen molar-refractivity contribution in [1.29, 1.82) is 0 Å². The van der Waals surface area contributed by atoms with Crippen molar-refractivity contribution in [3.63, 3.8) is 0 Å². The third-order valence-electron chi connectivity index (χ3n) is 3.03. The Bertz CT molecular complexity index is 366. The van der Waals surface area contributed by atoms with Gasteiger partial charge >= 0.3 is 0 Å². The molecule has 1 aliphatic rings. The molecule has 0 amide bonds. The minimum Gasteiger partial charge on any atom is -0.298 e. The highest BCUT2D eigenvalue weighted by Gasteiger charge is 2.31. The van der Waals surface area contributed by atoms with Gasteiger partial charge in [-0.3, -0.25) is 9.69 Å². The summed E-state index contributed by atoms with van der Waals surface area (Å²) in [6.07, 6.45) is -0.248. The number of Topliss-reactive ketones (excluding diaryl/α,β-unsaturated/α-hetero) is 1. The van der Waals surface area contributed by atoms with E-state index in [0.717, 1.165) is 5.56 Å². The zero-order valence-electron chi connectivity index (χ0n) is 11.4. The predicted octanol–water partition coefficient (Wildman–Crippen LogP) is 3.39. The lowest BCUT2D eigenvalue weighted by atomic mass is 10.0. The van der Waals surface area contributed by atoms with Gasteiger partial charge in [0.15, 0.2) is 5.78 Å². The van der Waals surface area contributed by atoms with Gasteiger partial charge in [-0.15, -0.1) is 0 Å². The SMILES string of the molecule is CC.CC(=O)C(c1ccccc1)N1CCC(F)C1. The second-order valence-corrected chi connectivity index (χ2v) is 4.30. The molecule has 100 valence electrons. The van der Waals surface area contributed by atoms with Crippen molar-refractivity contribution >= 4 is 5.78 Å². The Kier molecular flexibility index (Phi) is 5.99. The van der Waals surface area contributed by atoms with Gasteiger partial charge in [0, 0.05) is 13.1 Å². The van der Waals surface area contributed by atoms with Crippen LogP contribution in [0.25, 0.3) is 0 Å². The van der Waals surface area contributed by atoms with Crippen LogP contribution in [0.5, 0.6) is 0 Å². The molecule has 0 aliphatic carbocycles. The Morgan fingerprint density at radius 3 is 2.39 bits per heavy atom. The van der Waals surface area contributed by atoms with Gasteiger partial charge in [0.05, 0.1) is 6.04 Å². The molecule has 0 N–H and O–H groups in total. The second-order valence-electron chi connectivity index (χ2n) is 4.30. The summed E-state index contributed by atoms with van der Waals surface area (Å²) in [7, 11) is 0. The molecule has 2 nitrogen and oxygen atoms in total. The van der Waals surface area contributed by atoms with Crippen LogP contribution in [0.15, 0.2) is 30.3 Å². The van der Waals surface area contributed by atoms with Crippen molar-refractivity contribution in [3.8, 4) is 0 Å². The maximum Gasteiger partial charge on any atom is 0.151 e. The highest BCUT2D eigenvalue weighted by Crippen LogP contribution is 2.26. The summed E-state index contributed by atoms with van der Waals surface area (Å²) in [6, 6.07) is 9.32. The molecule has 1 heterocycles.